The molecular formula is C15H17NO4. The maximum Gasteiger partial charge on any atom is 0.416 e. The fourth-order valence-electron chi connectivity index (χ4n) is 2.69. The third-order valence-electron chi connectivity index (χ3n) is 3.79. The minimum Gasteiger partial charge on any atom is -0.447 e. The Morgan fingerprint density at radius 1 is 1.25 bits per heavy atom. The molecule has 20 heavy (non-hydrogen) atoms. The molecule has 0 aromatic heterocycles. The zero-order valence-corrected chi connectivity index (χ0v) is 11.2. The number of hydrogen-bond donors (Lipinski definition) is 0. The molecule has 106 valence electrons. The van der Waals surface area contributed by atoms with Gasteiger partial charge < -0.3 is 9.47 Å². The summed E-state index contributed by atoms with van der Waals surface area (Å²) in [7, 11) is 0. The summed E-state index contributed by atoms with van der Waals surface area (Å²) in [4.78, 5) is 25.5. The lowest BCUT2D eigenvalue weighted by Crippen LogP contribution is -2.43. The van der Waals surface area contributed by atoms with Crippen molar-refractivity contribution < 1.29 is 19.1 Å². The van der Waals surface area contributed by atoms with Crippen LogP contribution in [0.3, 0.4) is 0 Å². The Balaban J connectivity index is 1.73. The van der Waals surface area contributed by atoms with Crippen LogP contribution in [0.4, 0.5) is 4.79 Å². The average molecular weight is 275 g/mol. The summed E-state index contributed by atoms with van der Waals surface area (Å²) in [5, 5.41) is 0. The van der Waals surface area contributed by atoms with Crippen molar-refractivity contribution in [1.29, 1.82) is 0 Å². The highest BCUT2D eigenvalue weighted by Crippen LogP contribution is 2.23. The molecule has 2 aliphatic heterocycles. The van der Waals surface area contributed by atoms with E-state index in [0.29, 0.717) is 26.1 Å². The Bertz CT molecular complexity index is 496. The number of nitrogens with zero attached hydrogens (tertiary/aromatic N) is 1. The fourth-order valence-corrected chi connectivity index (χ4v) is 2.69. The van der Waals surface area contributed by atoms with Gasteiger partial charge >= 0.3 is 6.09 Å². The van der Waals surface area contributed by atoms with Crippen molar-refractivity contribution >= 4 is 12.0 Å². The van der Waals surface area contributed by atoms with E-state index in [1.807, 2.05) is 30.3 Å². The van der Waals surface area contributed by atoms with Crippen LogP contribution in [0.1, 0.15) is 12.0 Å². The predicted molar refractivity (Wildman–Crippen MR) is 71.1 cm³/mol. The molecule has 1 aromatic carbocycles. The van der Waals surface area contributed by atoms with E-state index in [4.69, 9.17) is 9.47 Å². The number of hydrogen-bond acceptors (Lipinski definition) is 4. The van der Waals surface area contributed by atoms with Gasteiger partial charge in [0.25, 0.3) is 0 Å². The normalized spacial score (nSPS) is 25.8. The van der Waals surface area contributed by atoms with Crippen LogP contribution in [0.25, 0.3) is 0 Å². The molecule has 2 aliphatic rings. The number of amides is 2. The number of carbonyl (C=O) groups is 2. The summed E-state index contributed by atoms with van der Waals surface area (Å²) in [5.74, 6) is -0.371. The summed E-state index contributed by atoms with van der Waals surface area (Å²) >= 11 is 0. The van der Waals surface area contributed by atoms with Crippen LogP contribution in [0.15, 0.2) is 30.3 Å². The van der Waals surface area contributed by atoms with Gasteiger partial charge in [-0.1, -0.05) is 30.3 Å². The minimum absolute atomic E-state index is 0.161. The number of rotatable bonds is 3. The first-order chi connectivity index (χ1) is 9.75. The second-order valence-electron chi connectivity index (χ2n) is 5.19. The van der Waals surface area contributed by atoms with Crippen molar-refractivity contribution in [2.24, 2.45) is 5.92 Å². The van der Waals surface area contributed by atoms with Crippen molar-refractivity contribution in [3.63, 3.8) is 0 Å². The first kappa shape index (κ1) is 13.1. The molecule has 2 heterocycles. The van der Waals surface area contributed by atoms with Gasteiger partial charge in [-0.25, -0.2) is 9.69 Å². The molecule has 2 atom stereocenters. The number of imide groups is 1. The third kappa shape index (κ3) is 2.54. The maximum absolute atomic E-state index is 12.4. The molecule has 0 aliphatic carbocycles. The molecule has 0 radical (unpaired) electrons. The van der Waals surface area contributed by atoms with Crippen LogP contribution in [0.2, 0.25) is 0 Å². The third-order valence-corrected chi connectivity index (χ3v) is 3.79. The Hall–Kier alpha value is -1.88. The first-order valence-corrected chi connectivity index (χ1v) is 6.87. The fraction of sp³-hybridized carbons (Fsp3) is 0.467. The van der Waals surface area contributed by atoms with Crippen molar-refractivity contribution in [3.05, 3.63) is 35.9 Å². The quantitative estimate of drug-likeness (QED) is 0.841. The van der Waals surface area contributed by atoms with Gasteiger partial charge in [-0.2, -0.15) is 0 Å². The average Bonchev–Trinajstić information content (AvgIpc) is 3.10. The van der Waals surface area contributed by atoms with Crippen LogP contribution < -0.4 is 0 Å². The van der Waals surface area contributed by atoms with E-state index in [0.717, 1.165) is 5.56 Å². The highest BCUT2D eigenvalue weighted by molar-refractivity contribution is 5.95. The lowest BCUT2D eigenvalue weighted by molar-refractivity contribution is -0.133. The second kappa shape index (κ2) is 5.63. The molecule has 1 aromatic rings. The predicted octanol–water partition coefficient (Wildman–Crippen LogP) is 1.61. The van der Waals surface area contributed by atoms with Gasteiger partial charge in [0.15, 0.2) is 0 Å². The number of cyclic esters (lactones) is 1. The molecule has 2 unspecified atom stereocenters. The van der Waals surface area contributed by atoms with Crippen molar-refractivity contribution in [1.82, 2.24) is 4.90 Å². The van der Waals surface area contributed by atoms with Crippen LogP contribution in [-0.4, -0.2) is 42.8 Å². The molecule has 2 saturated heterocycles. The maximum atomic E-state index is 12.4. The lowest BCUT2D eigenvalue weighted by atomic mass is 10.0. The molecule has 3 rings (SSSR count). The van der Waals surface area contributed by atoms with Gasteiger partial charge in [-0.3, -0.25) is 4.79 Å². The van der Waals surface area contributed by atoms with Crippen molar-refractivity contribution in [2.75, 3.05) is 19.8 Å². The van der Waals surface area contributed by atoms with E-state index < -0.39 is 6.09 Å². The summed E-state index contributed by atoms with van der Waals surface area (Å²) in [6.07, 6.45) is 0.787. The van der Waals surface area contributed by atoms with E-state index in [-0.39, 0.29) is 24.5 Å². The summed E-state index contributed by atoms with van der Waals surface area (Å²) in [5.41, 5.74) is 1.09. The van der Waals surface area contributed by atoms with Gasteiger partial charge in [-0.15, -0.1) is 0 Å². The summed E-state index contributed by atoms with van der Waals surface area (Å²) in [6.45, 7) is 1.26. The molecule has 0 saturated carbocycles. The standard InChI is InChI=1S/C15H17NO4/c17-14(12-6-7-19-9-12)16-13(10-20-15(16)18)8-11-4-2-1-3-5-11/h1-5,12-13H,6-10H2. The molecule has 2 amide bonds. The van der Waals surface area contributed by atoms with Crippen molar-refractivity contribution in [2.45, 2.75) is 18.9 Å². The van der Waals surface area contributed by atoms with E-state index in [2.05, 4.69) is 0 Å². The minimum atomic E-state index is -0.525. The smallest absolute Gasteiger partial charge is 0.416 e. The zero-order valence-electron chi connectivity index (χ0n) is 11.2. The zero-order chi connectivity index (χ0) is 13.9. The van der Waals surface area contributed by atoms with E-state index in [1.54, 1.807) is 0 Å². The SMILES string of the molecule is O=C1OCC(Cc2ccccc2)N1C(=O)C1CCOC1. The topological polar surface area (TPSA) is 55.8 Å². The highest BCUT2D eigenvalue weighted by atomic mass is 16.6. The molecule has 5 heteroatoms. The van der Waals surface area contributed by atoms with Gasteiger partial charge in [0.1, 0.15) is 6.61 Å². The Morgan fingerprint density at radius 3 is 2.75 bits per heavy atom. The van der Waals surface area contributed by atoms with E-state index >= 15 is 0 Å². The Kier molecular flexibility index (Phi) is 3.69. The van der Waals surface area contributed by atoms with Gasteiger partial charge in [-0.05, 0) is 18.4 Å². The van der Waals surface area contributed by atoms with Gasteiger partial charge in [0.2, 0.25) is 5.91 Å². The van der Waals surface area contributed by atoms with Gasteiger partial charge in [0, 0.05) is 6.61 Å². The summed E-state index contributed by atoms with van der Waals surface area (Å²) in [6, 6.07) is 9.61. The Labute approximate surface area is 117 Å². The van der Waals surface area contributed by atoms with Crippen LogP contribution in [0, 0.1) is 5.92 Å². The molecule has 0 spiro atoms. The first-order valence-electron chi connectivity index (χ1n) is 6.87. The monoisotopic (exact) mass is 275 g/mol. The van der Waals surface area contributed by atoms with Crippen molar-refractivity contribution in [3.8, 4) is 0 Å². The number of benzene rings is 1. The van der Waals surface area contributed by atoms with Crippen LogP contribution >= 0.6 is 0 Å². The van der Waals surface area contributed by atoms with E-state index in [9.17, 15) is 9.59 Å². The highest BCUT2D eigenvalue weighted by Gasteiger charge is 2.41. The van der Waals surface area contributed by atoms with Gasteiger partial charge in [0.05, 0.1) is 18.6 Å². The molecule has 0 bridgehead atoms. The molecule has 0 N–H and O–H groups in total. The number of carbonyl (C=O) groups excluding carboxylic acids is 2. The molecular weight excluding hydrogens is 258 g/mol. The van der Waals surface area contributed by atoms with Crippen LogP contribution in [0.5, 0.6) is 0 Å². The lowest BCUT2D eigenvalue weighted by Gasteiger charge is -2.22. The molecule has 5 nitrogen and oxygen atoms in total. The molecule has 2 fully saturated rings. The number of ether oxygens (including phenoxy) is 2. The Morgan fingerprint density at radius 2 is 2.05 bits per heavy atom. The second-order valence-corrected chi connectivity index (χ2v) is 5.19. The van der Waals surface area contributed by atoms with E-state index in [1.165, 1.54) is 4.90 Å². The summed E-state index contributed by atoms with van der Waals surface area (Å²) < 4.78 is 10.3. The van der Waals surface area contributed by atoms with Crippen LogP contribution in [-0.2, 0) is 20.7 Å². The largest absolute Gasteiger partial charge is 0.447 e.